The molecular formula is C24H23ClN2O4. The molecule has 0 radical (unpaired) electrons. The van der Waals surface area contributed by atoms with Gasteiger partial charge in [0.25, 0.3) is 0 Å². The molecule has 5 rings (SSSR count). The highest BCUT2D eigenvalue weighted by atomic mass is 35.5. The number of hydrogen-bond acceptors (Lipinski definition) is 4. The number of allylic oxidation sites excluding steroid dienone is 2. The molecule has 1 aromatic carbocycles. The number of rotatable bonds is 5. The Labute approximate surface area is 184 Å². The Morgan fingerprint density at radius 1 is 1.19 bits per heavy atom. The summed E-state index contributed by atoms with van der Waals surface area (Å²) in [6.07, 6.45) is 5.04. The minimum absolute atomic E-state index is 0.0652. The third kappa shape index (κ3) is 4.18. The van der Waals surface area contributed by atoms with Crippen LogP contribution in [-0.2, 0) is 9.53 Å². The van der Waals surface area contributed by atoms with Crippen molar-refractivity contribution in [2.45, 2.75) is 31.8 Å². The molecule has 2 aromatic heterocycles. The lowest BCUT2D eigenvalue weighted by Gasteiger charge is -2.19. The van der Waals surface area contributed by atoms with Gasteiger partial charge in [0, 0.05) is 18.1 Å². The molecule has 31 heavy (non-hydrogen) atoms. The van der Waals surface area contributed by atoms with Crippen molar-refractivity contribution in [1.29, 1.82) is 0 Å². The van der Waals surface area contributed by atoms with Crippen molar-refractivity contribution in [3.8, 4) is 17.1 Å². The molecule has 2 N–H and O–H groups in total. The number of H-pyrrole nitrogens is 1. The average molecular weight is 439 g/mol. The van der Waals surface area contributed by atoms with Crippen molar-refractivity contribution >= 4 is 34.2 Å². The molecule has 1 unspecified atom stereocenters. The highest BCUT2D eigenvalue weighted by Gasteiger charge is 2.22. The van der Waals surface area contributed by atoms with Crippen molar-refractivity contribution in [2.75, 3.05) is 13.2 Å². The lowest BCUT2D eigenvalue weighted by molar-refractivity contribution is -0.141. The number of aromatic nitrogens is 2. The van der Waals surface area contributed by atoms with Crippen LogP contribution in [0.15, 0.2) is 42.5 Å². The number of benzene rings is 1. The first kappa shape index (κ1) is 20.1. The Morgan fingerprint density at radius 3 is 2.68 bits per heavy atom. The first-order valence-corrected chi connectivity index (χ1v) is 10.9. The van der Waals surface area contributed by atoms with Crippen LogP contribution in [0.1, 0.15) is 31.2 Å². The minimum Gasteiger partial charge on any atom is -0.481 e. The summed E-state index contributed by atoms with van der Waals surface area (Å²) in [6, 6.07) is 11.9. The molecule has 1 fully saturated rings. The normalized spacial score (nSPS) is 21.3. The van der Waals surface area contributed by atoms with Gasteiger partial charge in [0.2, 0.25) is 0 Å². The van der Waals surface area contributed by atoms with Crippen LogP contribution in [0, 0.1) is 5.92 Å². The van der Waals surface area contributed by atoms with Crippen LogP contribution in [0.5, 0.6) is 5.88 Å². The summed E-state index contributed by atoms with van der Waals surface area (Å²) in [6.45, 7) is 1.33. The quantitative estimate of drug-likeness (QED) is 0.563. The molecule has 160 valence electrons. The predicted molar refractivity (Wildman–Crippen MR) is 119 cm³/mol. The molecule has 6 nitrogen and oxygen atoms in total. The van der Waals surface area contributed by atoms with Crippen LogP contribution in [0.25, 0.3) is 27.9 Å². The largest absolute Gasteiger partial charge is 0.481 e. The number of carboxylic acids is 1. The second-order valence-electron chi connectivity index (χ2n) is 8.10. The van der Waals surface area contributed by atoms with E-state index in [2.05, 4.69) is 17.1 Å². The average Bonchev–Trinajstić information content (AvgIpc) is 3.43. The Balaban J connectivity index is 1.37. The third-order valence-corrected chi connectivity index (χ3v) is 6.29. The van der Waals surface area contributed by atoms with Crippen molar-refractivity contribution in [3.05, 3.63) is 53.1 Å². The van der Waals surface area contributed by atoms with Crippen molar-refractivity contribution in [2.24, 2.45) is 5.92 Å². The van der Waals surface area contributed by atoms with Crippen LogP contribution < -0.4 is 4.74 Å². The van der Waals surface area contributed by atoms with E-state index < -0.39 is 5.97 Å². The van der Waals surface area contributed by atoms with Gasteiger partial charge in [-0.1, -0.05) is 41.9 Å². The molecule has 0 bridgehead atoms. The molecule has 2 aliphatic rings. The zero-order valence-electron chi connectivity index (χ0n) is 16.9. The maximum absolute atomic E-state index is 11.1. The van der Waals surface area contributed by atoms with E-state index in [0.29, 0.717) is 30.4 Å². The summed E-state index contributed by atoms with van der Waals surface area (Å²) in [5, 5.41) is 9.74. The van der Waals surface area contributed by atoms with E-state index in [-0.39, 0.29) is 12.0 Å². The fraction of sp³-hybridized carbons (Fsp3) is 0.333. The first-order chi connectivity index (χ1) is 15.1. The van der Waals surface area contributed by atoms with Gasteiger partial charge in [-0.15, -0.1) is 0 Å². The summed E-state index contributed by atoms with van der Waals surface area (Å²) in [4.78, 5) is 19.1. The number of hydrogen-bond donors (Lipinski definition) is 2. The Bertz CT molecular complexity index is 1150. The highest BCUT2D eigenvalue weighted by Crippen LogP contribution is 2.34. The second kappa shape index (κ2) is 8.36. The standard InChI is InChI=1S/C24H23ClN2O4/c25-19-11-20-21(12-22(26-20)31-18-9-10-30-13-18)27-23(19)16-5-1-14(2-6-16)15-3-7-17(8-4-15)24(28)29/h1-3,5-6,11-12,17-18,26H,4,7-10,13H2,(H,28,29)/t17?,18-/m0/s1. The van der Waals surface area contributed by atoms with E-state index in [1.54, 1.807) is 0 Å². The van der Waals surface area contributed by atoms with Crippen LogP contribution in [0.2, 0.25) is 5.02 Å². The van der Waals surface area contributed by atoms with Crippen LogP contribution in [-0.4, -0.2) is 40.4 Å². The zero-order valence-corrected chi connectivity index (χ0v) is 17.7. The predicted octanol–water partition coefficient (Wildman–Crippen LogP) is 5.32. The molecule has 7 heteroatoms. The van der Waals surface area contributed by atoms with Gasteiger partial charge < -0.3 is 19.6 Å². The maximum Gasteiger partial charge on any atom is 0.306 e. The number of ether oxygens (including phenoxy) is 2. The number of pyridine rings is 1. The fourth-order valence-corrected chi connectivity index (χ4v) is 4.48. The number of nitrogens with zero attached hydrogens (tertiary/aromatic N) is 1. The first-order valence-electron chi connectivity index (χ1n) is 10.5. The van der Waals surface area contributed by atoms with E-state index >= 15 is 0 Å². The van der Waals surface area contributed by atoms with Gasteiger partial charge in [-0.2, -0.15) is 0 Å². The molecule has 0 amide bonds. The minimum atomic E-state index is -0.711. The Hall–Kier alpha value is -2.83. The van der Waals surface area contributed by atoms with Crippen molar-refractivity contribution < 1.29 is 19.4 Å². The maximum atomic E-state index is 11.1. The summed E-state index contributed by atoms with van der Waals surface area (Å²) in [5.41, 5.74) is 5.59. The number of aromatic amines is 1. The van der Waals surface area contributed by atoms with Crippen LogP contribution in [0.4, 0.5) is 0 Å². The Morgan fingerprint density at radius 2 is 2.00 bits per heavy atom. The lowest BCUT2D eigenvalue weighted by Crippen LogP contribution is -2.15. The van der Waals surface area contributed by atoms with E-state index in [0.717, 1.165) is 47.3 Å². The molecule has 1 aliphatic carbocycles. The van der Waals surface area contributed by atoms with Gasteiger partial charge in [0.05, 0.1) is 40.9 Å². The van der Waals surface area contributed by atoms with Gasteiger partial charge in [-0.25, -0.2) is 4.98 Å². The molecule has 0 saturated carbocycles. The van der Waals surface area contributed by atoms with Gasteiger partial charge in [0.15, 0.2) is 5.88 Å². The smallest absolute Gasteiger partial charge is 0.306 e. The van der Waals surface area contributed by atoms with Gasteiger partial charge in [-0.3, -0.25) is 4.79 Å². The van der Waals surface area contributed by atoms with E-state index in [9.17, 15) is 4.79 Å². The molecule has 1 aliphatic heterocycles. The molecule has 3 aromatic rings. The molecular weight excluding hydrogens is 416 g/mol. The fourth-order valence-electron chi connectivity index (χ4n) is 4.22. The number of carbonyl (C=O) groups is 1. The molecule has 0 spiro atoms. The Kier molecular flexibility index (Phi) is 5.42. The van der Waals surface area contributed by atoms with E-state index in [1.165, 1.54) is 5.57 Å². The molecule has 2 atom stereocenters. The molecule has 1 saturated heterocycles. The van der Waals surface area contributed by atoms with E-state index in [4.69, 9.17) is 31.2 Å². The third-order valence-electron chi connectivity index (χ3n) is 6.00. The summed E-state index contributed by atoms with van der Waals surface area (Å²) in [7, 11) is 0. The van der Waals surface area contributed by atoms with Crippen LogP contribution in [0.3, 0.4) is 0 Å². The van der Waals surface area contributed by atoms with Crippen LogP contribution >= 0.6 is 11.6 Å². The molecule has 3 heterocycles. The van der Waals surface area contributed by atoms with Crippen molar-refractivity contribution in [3.63, 3.8) is 0 Å². The number of fused-ring (bicyclic) bond motifs is 1. The van der Waals surface area contributed by atoms with E-state index in [1.807, 2.05) is 30.3 Å². The summed E-state index contributed by atoms with van der Waals surface area (Å²) in [5.74, 6) is -0.309. The van der Waals surface area contributed by atoms with Crippen molar-refractivity contribution in [1.82, 2.24) is 9.97 Å². The van der Waals surface area contributed by atoms with Gasteiger partial charge in [-0.05, 0) is 36.5 Å². The topological polar surface area (TPSA) is 84.4 Å². The lowest BCUT2D eigenvalue weighted by atomic mass is 9.86. The zero-order chi connectivity index (χ0) is 21.4. The van der Waals surface area contributed by atoms with Gasteiger partial charge >= 0.3 is 5.97 Å². The number of aliphatic carboxylic acids is 1. The van der Waals surface area contributed by atoms with Gasteiger partial charge in [0.1, 0.15) is 6.10 Å². The number of nitrogens with one attached hydrogen (secondary N) is 1. The summed E-state index contributed by atoms with van der Waals surface area (Å²) >= 11 is 6.54. The highest BCUT2D eigenvalue weighted by molar-refractivity contribution is 6.33. The summed E-state index contributed by atoms with van der Waals surface area (Å²) < 4.78 is 11.3. The number of halogens is 1. The number of carboxylic acid groups (broad SMARTS) is 1. The second-order valence-corrected chi connectivity index (χ2v) is 8.51. The SMILES string of the molecule is O=C(O)C1CC=C(c2ccc(-c3nc4cc(O[C@H]5CCOC5)[nH]c4cc3Cl)cc2)CC1. The monoisotopic (exact) mass is 438 g/mol.